The van der Waals surface area contributed by atoms with Gasteiger partial charge in [-0.3, -0.25) is 4.79 Å². The fraction of sp³-hybridized carbons (Fsp3) is 0.917. The third-order valence-corrected chi connectivity index (χ3v) is 3.61. The monoisotopic (exact) mass is 214 g/mol. The lowest BCUT2D eigenvalue weighted by Gasteiger charge is -2.33. The summed E-state index contributed by atoms with van der Waals surface area (Å²) in [7, 11) is 0. The lowest BCUT2D eigenvalue weighted by molar-refractivity contribution is -0.148. The number of hydrogen-bond donors (Lipinski definition) is 0. The first-order valence-electron chi connectivity index (χ1n) is 5.90. The summed E-state index contributed by atoms with van der Waals surface area (Å²) in [5, 5.41) is 0. The molecule has 0 aliphatic carbocycles. The molecule has 0 radical (unpaired) electrons. The number of carbonyl (C=O) groups excluding carboxylic acids is 1. The maximum atomic E-state index is 11.0. The Bertz CT molecular complexity index is 221. The zero-order chi connectivity index (χ0) is 11.5. The number of hydrogen-bond acceptors (Lipinski definition) is 3. The van der Waals surface area contributed by atoms with Crippen LogP contribution in [0.25, 0.3) is 0 Å². The van der Waals surface area contributed by atoms with Gasteiger partial charge in [0.05, 0.1) is 12.2 Å². The number of ether oxygens (including phenoxy) is 2. The van der Waals surface area contributed by atoms with Crippen molar-refractivity contribution in [3.05, 3.63) is 0 Å². The average Bonchev–Trinajstić information content (AvgIpc) is 2.55. The average molecular weight is 214 g/mol. The van der Waals surface area contributed by atoms with Gasteiger partial charge >= 0.3 is 5.97 Å². The molecule has 15 heavy (non-hydrogen) atoms. The minimum Gasteiger partial charge on any atom is -0.460 e. The predicted octanol–water partition coefficient (Wildman–Crippen LogP) is 2.53. The zero-order valence-corrected chi connectivity index (χ0v) is 10.2. The van der Waals surface area contributed by atoms with Crippen molar-refractivity contribution >= 4 is 5.97 Å². The van der Waals surface area contributed by atoms with Gasteiger partial charge in [0.25, 0.3) is 0 Å². The smallest absolute Gasteiger partial charge is 0.302 e. The Hall–Kier alpha value is -0.570. The van der Waals surface area contributed by atoms with Gasteiger partial charge in [-0.2, -0.15) is 0 Å². The van der Waals surface area contributed by atoms with E-state index in [9.17, 15) is 4.79 Å². The first-order valence-corrected chi connectivity index (χ1v) is 5.90. The molecule has 0 spiro atoms. The summed E-state index contributed by atoms with van der Waals surface area (Å²) < 4.78 is 11.2. The van der Waals surface area contributed by atoms with E-state index in [-0.39, 0.29) is 17.7 Å². The van der Waals surface area contributed by atoms with Crippen molar-refractivity contribution in [1.29, 1.82) is 0 Å². The van der Waals surface area contributed by atoms with Gasteiger partial charge in [-0.25, -0.2) is 0 Å². The van der Waals surface area contributed by atoms with Gasteiger partial charge in [0.2, 0.25) is 0 Å². The van der Waals surface area contributed by atoms with Gasteiger partial charge in [-0.05, 0) is 19.3 Å². The van der Waals surface area contributed by atoms with E-state index in [1.807, 2.05) is 0 Å². The van der Waals surface area contributed by atoms with E-state index in [4.69, 9.17) is 9.47 Å². The second-order valence-corrected chi connectivity index (χ2v) is 4.25. The highest BCUT2D eigenvalue weighted by Gasteiger charge is 2.47. The van der Waals surface area contributed by atoms with Crippen LogP contribution in [0.2, 0.25) is 0 Å². The molecule has 0 unspecified atom stereocenters. The molecule has 3 heteroatoms. The fourth-order valence-corrected chi connectivity index (χ4v) is 2.75. The van der Waals surface area contributed by atoms with Crippen molar-refractivity contribution in [3.63, 3.8) is 0 Å². The highest BCUT2D eigenvalue weighted by molar-refractivity contribution is 5.66. The number of carbonyl (C=O) groups is 1. The molecule has 1 aliphatic heterocycles. The van der Waals surface area contributed by atoms with E-state index >= 15 is 0 Å². The van der Waals surface area contributed by atoms with E-state index in [2.05, 4.69) is 20.8 Å². The van der Waals surface area contributed by atoms with Gasteiger partial charge < -0.3 is 9.47 Å². The van der Waals surface area contributed by atoms with Gasteiger partial charge in [-0.15, -0.1) is 0 Å². The summed E-state index contributed by atoms with van der Waals surface area (Å²) >= 11 is 0. The quantitative estimate of drug-likeness (QED) is 0.675. The van der Waals surface area contributed by atoms with Crippen LogP contribution in [0.1, 0.15) is 47.0 Å². The standard InChI is InChI=1S/C12H22O3/c1-5-10-11(15-9(4)13)8-14-12(10,6-2)7-3/h10-11H,5-8H2,1-4H3/t10-,11-/m0/s1. The normalized spacial score (nSPS) is 29.1. The highest BCUT2D eigenvalue weighted by Crippen LogP contribution is 2.41. The summed E-state index contributed by atoms with van der Waals surface area (Å²) in [5.74, 6) is 0.140. The molecule has 88 valence electrons. The van der Waals surface area contributed by atoms with Crippen LogP contribution in [0.15, 0.2) is 0 Å². The van der Waals surface area contributed by atoms with Crippen molar-refractivity contribution in [1.82, 2.24) is 0 Å². The topological polar surface area (TPSA) is 35.5 Å². The molecule has 1 rings (SSSR count). The van der Waals surface area contributed by atoms with Crippen molar-refractivity contribution < 1.29 is 14.3 Å². The molecule has 1 fully saturated rings. The van der Waals surface area contributed by atoms with Crippen molar-refractivity contribution in [2.45, 2.75) is 58.7 Å². The van der Waals surface area contributed by atoms with E-state index in [0.29, 0.717) is 12.5 Å². The molecule has 0 N–H and O–H groups in total. The third kappa shape index (κ3) is 2.33. The first kappa shape index (κ1) is 12.5. The van der Waals surface area contributed by atoms with Crippen LogP contribution in [0.3, 0.4) is 0 Å². The molecule has 0 aromatic rings. The van der Waals surface area contributed by atoms with Gasteiger partial charge in [-0.1, -0.05) is 20.8 Å². The van der Waals surface area contributed by atoms with E-state index < -0.39 is 0 Å². The Morgan fingerprint density at radius 2 is 2.00 bits per heavy atom. The van der Waals surface area contributed by atoms with Crippen LogP contribution in [0, 0.1) is 5.92 Å². The van der Waals surface area contributed by atoms with Crippen LogP contribution in [-0.2, 0) is 14.3 Å². The molecule has 0 bridgehead atoms. The summed E-state index contributed by atoms with van der Waals surface area (Å²) in [6.45, 7) is 8.44. The van der Waals surface area contributed by atoms with Crippen molar-refractivity contribution in [2.24, 2.45) is 5.92 Å². The Kier molecular flexibility index (Phi) is 4.14. The lowest BCUT2D eigenvalue weighted by Crippen LogP contribution is -2.38. The Labute approximate surface area is 92.1 Å². The van der Waals surface area contributed by atoms with Gasteiger partial charge in [0, 0.05) is 12.8 Å². The van der Waals surface area contributed by atoms with Gasteiger partial charge in [0.1, 0.15) is 6.10 Å². The molecule has 1 aliphatic rings. The zero-order valence-electron chi connectivity index (χ0n) is 10.2. The second kappa shape index (κ2) is 4.97. The van der Waals surface area contributed by atoms with E-state index in [1.54, 1.807) is 0 Å². The minimum absolute atomic E-state index is 0.0487. The van der Waals surface area contributed by atoms with Crippen LogP contribution in [-0.4, -0.2) is 24.3 Å². The van der Waals surface area contributed by atoms with E-state index in [0.717, 1.165) is 19.3 Å². The molecule has 0 aromatic heterocycles. The second-order valence-electron chi connectivity index (χ2n) is 4.25. The predicted molar refractivity (Wildman–Crippen MR) is 58.6 cm³/mol. The Balaban J connectivity index is 2.76. The summed E-state index contributed by atoms with van der Waals surface area (Å²) in [6.07, 6.45) is 2.92. The molecular formula is C12H22O3. The molecule has 0 aromatic carbocycles. The highest BCUT2D eigenvalue weighted by atomic mass is 16.6. The lowest BCUT2D eigenvalue weighted by atomic mass is 9.80. The maximum absolute atomic E-state index is 11.0. The molecule has 0 amide bonds. The van der Waals surface area contributed by atoms with Crippen molar-refractivity contribution in [3.8, 4) is 0 Å². The molecule has 2 atom stereocenters. The van der Waals surface area contributed by atoms with Crippen LogP contribution in [0.5, 0.6) is 0 Å². The number of rotatable bonds is 4. The summed E-state index contributed by atoms with van der Waals surface area (Å²) in [6, 6.07) is 0. The van der Waals surface area contributed by atoms with Crippen molar-refractivity contribution in [2.75, 3.05) is 6.61 Å². The van der Waals surface area contributed by atoms with Gasteiger partial charge in [0.15, 0.2) is 0 Å². The van der Waals surface area contributed by atoms with E-state index in [1.165, 1.54) is 6.92 Å². The SMILES string of the molecule is CC[C@H]1[C@@H](OC(C)=O)COC1(CC)CC. The molecule has 1 heterocycles. The first-order chi connectivity index (χ1) is 7.09. The molecular weight excluding hydrogens is 192 g/mol. The minimum atomic E-state index is -0.204. The molecule has 1 saturated heterocycles. The van der Waals surface area contributed by atoms with Crippen LogP contribution < -0.4 is 0 Å². The summed E-state index contributed by atoms with van der Waals surface area (Å²) in [5.41, 5.74) is -0.0745. The van der Waals surface area contributed by atoms with Crippen LogP contribution in [0.4, 0.5) is 0 Å². The Morgan fingerprint density at radius 3 is 2.40 bits per heavy atom. The molecule has 0 saturated carbocycles. The Morgan fingerprint density at radius 1 is 1.40 bits per heavy atom. The number of esters is 1. The molecule has 3 nitrogen and oxygen atoms in total. The largest absolute Gasteiger partial charge is 0.460 e. The summed E-state index contributed by atoms with van der Waals surface area (Å²) in [4.78, 5) is 11.0. The van der Waals surface area contributed by atoms with Crippen LogP contribution >= 0.6 is 0 Å². The third-order valence-electron chi connectivity index (χ3n) is 3.61. The fourth-order valence-electron chi connectivity index (χ4n) is 2.75. The maximum Gasteiger partial charge on any atom is 0.302 e.